The van der Waals surface area contributed by atoms with Crippen LogP contribution >= 0.6 is 0 Å². The van der Waals surface area contributed by atoms with E-state index in [-0.39, 0.29) is 6.04 Å². The lowest BCUT2D eigenvalue weighted by molar-refractivity contribution is 0.369. The van der Waals surface area contributed by atoms with Crippen LogP contribution in [0.2, 0.25) is 0 Å². The zero-order valence-electron chi connectivity index (χ0n) is 11.9. The van der Waals surface area contributed by atoms with E-state index in [0.717, 1.165) is 24.5 Å². The average molecular weight is 258 g/mol. The minimum Gasteiger partial charge on any atom is -0.444 e. The molecule has 2 rings (SSSR count). The van der Waals surface area contributed by atoms with Gasteiger partial charge in [-0.1, -0.05) is 30.3 Å². The molecule has 3 heteroatoms. The van der Waals surface area contributed by atoms with Crippen LogP contribution in [0.4, 0.5) is 0 Å². The first-order valence-electron chi connectivity index (χ1n) is 6.87. The topological polar surface area (TPSA) is 38.1 Å². The third-order valence-corrected chi connectivity index (χ3v) is 3.25. The smallest absolute Gasteiger partial charge is 0.211 e. The Morgan fingerprint density at radius 3 is 2.58 bits per heavy atom. The molecule has 3 nitrogen and oxygen atoms in total. The Hall–Kier alpha value is -1.61. The van der Waals surface area contributed by atoms with Crippen molar-refractivity contribution in [3.8, 4) is 0 Å². The second-order valence-electron chi connectivity index (χ2n) is 5.12. The van der Waals surface area contributed by atoms with Gasteiger partial charge in [0.1, 0.15) is 5.76 Å². The van der Waals surface area contributed by atoms with Gasteiger partial charge < -0.3 is 9.73 Å². The standard InChI is InChI=1S/C16H22N2O/c1-12(9-10-15-7-5-4-6-8-15)18-14(3)16-17-11-13(2)19-16/h4-8,11-12,14,18H,9-10H2,1-3H3. The molecule has 0 amide bonds. The highest BCUT2D eigenvalue weighted by Gasteiger charge is 2.13. The predicted octanol–water partition coefficient (Wildman–Crippen LogP) is 3.65. The minimum absolute atomic E-state index is 0.152. The van der Waals surface area contributed by atoms with E-state index in [1.54, 1.807) is 6.20 Å². The molecule has 0 bridgehead atoms. The van der Waals surface area contributed by atoms with E-state index in [1.165, 1.54) is 5.56 Å². The first-order chi connectivity index (χ1) is 9.15. The number of rotatable bonds is 6. The number of hydrogen-bond donors (Lipinski definition) is 1. The zero-order valence-corrected chi connectivity index (χ0v) is 11.9. The summed E-state index contributed by atoms with van der Waals surface area (Å²) in [5.41, 5.74) is 1.38. The quantitative estimate of drug-likeness (QED) is 0.859. The van der Waals surface area contributed by atoms with Crippen molar-refractivity contribution in [1.29, 1.82) is 0 Å². The van der Waals surface area contributed by atoms with Gasteiger partial charge >= 0.3 is 0 Å². The fraction of sp³-hybridized carbons (Fsp3) is 0.438. The van der Waals surface area contributed by atoms with Gasteiger partial charge in [-0.15, -0.1) is 0 Å². The van der Waals surface area contributed by atoms with Gasteiger partial charge in [-0.2, -0.15) is 0 Å². The van der Waals surface area contributed by atoms with Crippen molar-refractivity contribution in [2.75, 3.05) is 0 Å². The van der Waals surface area contributed by atoms with Gasteiger partial charge in [0, 0.05) is 6.04 Å². The van der Waals surface area contributed by atoms with Crippen molar-refractivity contribution in [3.05, 3.63) is 53.7 Å². The fourth-order valence-electron chi connectivity index (χ4n) is 2.18. The third kappa shape index (κ3) is 4.21. The average Bonchev–Trinajstić information content (AvgIpc) is 2.84. The van der Waals surface area contributed by atoms with E-state index in [0.29, 0.717) is 6.04 Å². The number of nitrogens with zero attached hydrogens (tertiary/aromatic N) is 1. The summed E-state index contributed by atoms with van der Waals surface area (Å²) in [5, 5.41) is 3.52. The zero-order chi connectivity index (χ0) is 13.7. The lowest BCUT2D eigenvalue weighted by Crippen LogP contribution is -2.29. The second kappa shape index (κ2) is 6.53. The number of aryl methyl sites for hydroxylation is 2. The molecule has 0 aliphatic heterocycles. The van der Waals surface area contributed by atoms with Crippen molar-refractivity contribution in [1.82, 2.24) is 10.3 Å². The third-order valence-electron chi connectivity index (χ3n) is 3.25. The van der Waals surface area contributed by atoms with E-state index in [2.05, 4.69) is 54.5 Å². The van der Waals surface area contributed by atoms with Crippen LogP contribution in [-0.2, 0) is 6.42 Å². The van der Waals surface area contributed by atoms with Gasteiger partial charge in [-0.25, -0.2) is 4.98 Å². The Morgan fingerprint density at radius 1 is 1.21 bits per heavy atom. The molecule has 0 radical (unpaired) electrons. The molecule has 1 N–H and O–H groups in total. The number of nitrogens with one attached hydrogen (secondary N) is 1. The van der Waals surface area contributed by atoms with E-state index in [9.17, 15) is 0 Å². The Kier molecular flexibility index (Phi) is 4.74. The Balaban J connectivity index is 1.79. The summed E-state index contributed by atoms with van der Waals surface area (Å²) in [5.74, 6) is 1.63. The van der Waals surface area contributed by atoms with E-state index in [4.69, 9.17) is 4.42 Å². The SMILES string of the molecule is Cc1cnc(C(C)NC(C)CCc2ccccc2)o1. The maximum Gasteiger partial charge on any atom is 0.211 e. The molecule has 2 aromatic rings. The van der Waals surface area contributed by atoms with Crippen molar-refractivity contribution in [3.63, 3.8) is 0 Å². The van der Waals surface area contributed by atoms with Crippen LogP contribution in [0.15, 0.2) is 40.9 Å². The van der Waals surface area contributed by atoms with Crippen molar-refractivity contribution in [2.24, 2.45) is 0 Å². The van der Waals surface area contributed by atoms with Crippen LogP contribution < -0.4 is 5.32 Å². The highest BCUT2D eigenvalue weighted by Crippen LogP contribution is 2.14. The first kappa shape index (κ1) is 13.8. The Morgan fingerprint density at radius 2 is 1.95 bits per heavy atom. The van der Waals surface area contributed by atoms with Crippen LogP contribution in [0.5, 0.6) is 0 Å². The number of aromatic nitrogens is 1. The molecular formula is C16H22N2O. The molecule has 2 unspecified atom stereocenters. The van der Waals surface area contributed by atoms with Crippen LogP contribution in [0.1, 0.15) is 43.5 Å². The molecule has 0 fully saturated rings. The second-order valence-corrected chi connectivity index (χ2v) is 5.12. The van der Waals surface area contributed by atoms with Gasteiger partial charge in [-0.05, 0) is 39.2 Å². The monoisotopic (exact) mass is 258 g/mol. The number of benzene rings is 1. The van der Waals surface area contributed by atoms with E-state index >= 15 is 0 Å². The molecule has 0 saturated heterocycles. The molecule has 1 aromatic heterocycles. The van der Waals surface area contributed by atoms with Gasteiger partial charge in [0.15, 0.2) is 0 Å². The van der Waals surface area contributed by atoms with Gasteiger partial charge in [0.05, 0.1) is 12.2 Å². The van der Waals surface area contributed by atoms with Crippen LogP contribution in [-0.4, -0.2) is 11.0 Å². The molecule has 0 aliphatic carbocycles. The van der Waals surface area contributed by atoms with E-state index in [1.807, 2.05) is 6.92 Å². The highest BCUT2D eigenvalue weighted by atomic mass is 16.4. The molecule has 0 saturated carbocycles. The summed E-state index contributed by atoms with van der Waals surface area (Å²) in [6.07, 6.45) is 3.96. The lowest BCUT2D eigenvalue weighted by atomic mass is 10.1. The number of oxazole rings is 1. The summed E-state index contributed by atoms with van der Waals surface area (Å²) in [6, 6.07) is 11.2. The molecule has 102 valence electrons. The maximum absolute atomic E-state index is 5.54. The van der Waals surface area contributed by atoms with E-state index < -0.39 is 0 Å². The fourth-order valence-corrected chi connectivity index (χ4v) is 2.18. The molecule has 1 aromatic carbocycles. The molecule has 0 aliphatic rings. The number of hydrogen-bond acceptors (Lipinski definition) is 3. The molecule has 0 spiro atoms. The highest BCUT2D eigenvalue weighted by molar-refractivity contribution is 5.14. The summed E-state index contributed by atoms with van der Waals surface area (Å²) in [7, 11) is 0. The Labute approximate surface area is 115 Å². The lowest BCUT2D eigenvalue weighted by Gasteiger charge is -2.17. The normalized spacial score (nSPS) is 14.3. The van der Waals surface area contributed by atoms with Crippen LogP contribution in [0, 0.1) is 6.92 Å². The molecule has 1 heterocycles. The maximum atomic E-state index is 5.54. The van der Waals surface area contributed by atoms with Crippen molar-refractivity contribution < 1.29 is 4.42 Å². The summed E-state index contributed by atoms with van der Waals surface area (Å²) < 4.78 is 5.54. The predicted molar refractivity (Wildman–Crippen MR) is 77.0 cm³/mol. The minimum atomic E-state index is 0.152. The molecule has 19 heavy (non-hydrogen) atoms. The van der Waals surface area contributed by atoms with Gasteiger partial charge in [0.25, 0.3) is 0 Å². The first-order valence-corrected chi connectivity index (χ1v) is 6.87. The van der Waals surface area contributed by atoms with Crippen LogP contribution in [0.3, 0.4) is 0 Å². The summed E-state index contributed by atoms with van der Waals surface area (Å²) >= 11 is 0. The summed E-state index contributed by atoms with van der Waals surface area (Å²) in [6.45, 7) is 6.21. The Bertz CT molecular complexity index is 492. The molecule has 2 atom stereocenters. The van der Waals surface area contributed by atoms with Gasteiger partial charge in [0.2, 0.25) is 5.89 Å². The van der Waals surface area contributed by atoms with Crippen molar-refractivity contribution in [2.45, 2.75) is 45.7 Å². The van der Waals surface area contributed by atoms with Crippen molar-refractivity contribution >= 4 is 0 Å². The van der Waals surface area contributed by atoms with Crippen LogP contribution in [0.25, 0.3) is 0 Å². The summed E-state index contributed by atoms with van der Waals surface area (Å²) in [4.78, 5) is 4.26. The largest absolute Gasteiger partial charge is 0.444 e. The molecular weight excluding hydrogens is 236 g/mol. The van der Waals surface area contributed by atoms with Gasteiger partial charge in [-0.3, -0.25) is 0 Å².